The third-order valence-corrected chi connectivity index (χ3v) is 2.76. The Labute approximate surface area is 114 Å². The molecule has 20 heavy (non-hydrogen) atoms. The zero-order valence-electron chi connectivity index (χ0n) is 10.5. The van der Waals surface area contributed by atoms with Crippen LogP contribution in [0, 0.1) is 11.6 Å². The van der Waals surface area contributed by atoms with Crippen LogP contribution in [0.1, 0.15) is 11.1 Å². The Morgan fingerprint density at radius 3 is 2.45 bits per heavy atom. The second-order valence-electron chi connectivity index (χ2n) is 4.14. The summed E-state index contributed by atoms with van der Waals surface area (Å²) in [5.41, 5.74) is 6.57. The molecule has 0 unspecified atom stereocenters. The van der Waals surface area contributed by atoms with E-state index in [1.54, 1.807) is 24.3 Å². The molecule has 0 bridgehead atoms. The van der Waals surface area contributed by atoms with Gasteiger partial charge in [0.25, 0.3) is 0 Å². The lowest BCUT2D eigenvalue weighted by Crippen LogP contribution is -2.13. The Hall–Kier alpha value is -2.63. The molecule has 4 nitrogen and oxygen atoms in total. The molecule has 0 radical (unpaired) electrons. The second kappa shape index (κ2) is 6.01. The zero-order chi connectivity index (χ0) is 14.5. The molecule has 0 aliphatic carbocycles. The van der Waals surface area contributed by atoms with E-state index >= 15 is 0 Å². The van der Waals surface area contributed by atoms with E-state index in [2.05, 4.69) is 10.5 Å². The number of hydrogen-bond acceptors (Lipinski definition) is 3. The van der Waals surface area contributed by atoms with Gasteiger partial charge in [0.05, 0.1) is 0 Å². The molecule has 0 saturated heterocycles. The van der Waals surface area contributed by atoms with Gasteiger partial charge in [0.1, 0.15) is 17.3 Å². The van der Waals surface area contributed by atoms with Crippen molar-refractivity contribution in [2.24, 2.45) is 10.9 Å². The van der Waals surface area contributed by atoms with E-state index in [1.807, 2.05) is 0 Å². The number of oxime groups is 1. The number of nitrogens with one attached hydrogen (secondary N) is 1. The minimum Gasteiger partial charge on any atom is -0.409 e. The lowest BCUT2D eigenvalue weighted by atomic mass is 10.1. The van der Waals surface area contributed by atoms with Crippen molar-refractivity contribution < 1.29 is 14.0 Å². The number of para-hydroxylation sites is 1. The van der Waals surface area contributed by atoms with E-state index in [0.29, 0.717) is 5.56 Å². The fourth-order valence-corrected chi connectivity index (χ4v) is 1.76. The predicted octanol–water partition coefficient (Wildman–Crippen LogP) is 2.67. The Balaban J connectivity index is 2.15. The summed E-state index contributed by atoms with van der Waals surface area (Å²) in [4.78, 5) is 0. The normalized spacial score (nSPS) is 11.4. The van der Waals surface area contributed by atoms with Gasteiger partial charge >= 0.3 is 0 Å². The lowest BCUT2D eigenvalue weighted by molar-refractivity contribution is 0.318. The van der Waals surface area contributed by atoms with Crippen LogP contribution >= 0.6 is 0 Å². The predicted molar refractivity (Wildman–Crippen MR) is 72.6 cm³/mol. The van der Waals surface area contributed by atoms with E-state index in [-0.39, 0.29) is 18.1 Å². The molecule has 0 atom stereocenters. The molecule has 0 spiro atoms. The summed E-state index contributed by atoms with van der Waals surface area (Å²) in [7, 11) is 0. The van der Waals surface area contributed by atoms with Crippen LogP contribution in [0.2, 0.25) is 0 Å². The second-order valence-corrected chi connectivity index (χ2v) is 4.14. The van der Waals surface area contributed by atoms with Crippen LogP contribution in [0.15, 0.2) is 47.6 Å². The maximum Gasteiger partial charge on any atom is 0.170 e. The fraction of sp³-hybridized carbons (Fsp3) is 0.0714. The Bertz CT molecular complexity index is 624. The van der Waals surface area contributed by atoms with Crippen molar-refractivity contribution in [3.8, 4) is 0 Å². The van der Waals surface area contributed by atoms with Crippen LogP contribution in [0.3, 0.4) is 0 Å². The number of hydrogen-bond donors (Lipinski definition) is 3. The quantitative estimate of drug-likeness (QED) is 0.348. The highest BCUT2D eigenvalue weighted by atomic mass is 19.1. The van der Waals surface area contributed by atoms with Gasteiger partial charge in [0.2, 0.25) is 0 Å². The molecule has 4 N–H and O–H groups in total. The van der Waals surface area contributed by atoms with Crippen LogP contribution < -0.4 is 11.1 Å². The third kappa shape index (κ3) is 3.03. The minimum absolute atomic E-state index is 0.0241. The molecule has 2 aromatic rings. The van der Waals surface area contributed by atoms with E-state index in [9.17, 15) is 8.78 Å². The number of nitrogens with two attached hydrogens (primary N) is 1. The van der Waals surface area contributed by atoms with Gasteiger partial charge in [-0.15, -0.1) is 0 Å². The first-order valence-electron chi connectivity index (χ1n) is 5.86. The number of anilines is 1. The molecule has 104 valence electrons. The number of benzene rings is 2. The summed E-state index contributed by atoms with van der Waals surface area (Å²) in [6, 6.07) is 10.5. The van der Waals surface area contributed by atoms with E-state index < -0.39 is 11.6 Å². The lowest BCUT2D eigenvalue weighted by Gasteiger charge is -2.09. The van der Waals surface area contributed by atoms with Gasteiger partial charge in [-0.2, -0.15) is 0 Å². The SMILES string of the molecule is NC(=NO)c1cccc(CNc2c(F)cccc2F)c1. The standard InChI is InChI=1S/C14H13F2N3O/c15-11-5-2-6-12(16)13(11)18-8-9-3-1-4-10(7-9)14(17)19-20/h1-7,18,20H,8H2,(H2,17,19). The van der Waals surface area contributed by atoms with Gasteiger partial charge in [-0.05, 0) is 23.8 Å². The van der Waals surface area contributed by atoms with Gasteiger partial charge in [-0.1, -0.05) is 29.4 Å². The van der Waals surface area contributed by atoms with Crippen molar-refractivity contribution in [2.45, 2.75) is 6.54 Å². The summed E-state index contributed by atoms with van der Waals surface area (Å²) < 4.78 is 26.9. The monoisotopic (exact) mass is 277 g/mol. The van der Waals surface area contributed by atoms with Gasteiger partial charge in [0, 0.05) is 12.1 Å². The highest BCUT2D eigenvalue weighted by Crippen LogP contribution is 2.19. The zero-order valence-corrected chi connectivity index (χ0v) is 10.5. The molecule has 0 heterocycles. The average molecular weight is 277 g/mol. The first-order chi connectivity index (χ1) is 9.61. The maximum absolute atomic E-state index is 13.4. The number of amidine groups is 1. The van der Waals surface area contributed by atoms with Gasteiger partial charge < -0.3 is 16.3 Å². The molecule has 0 fully saturated rings. The van der Waals surface area contributed by atoms with E-state index in [0.717, 1.165) is 5.56 Å². The first-order valence-corrected chi connectivity index (χ1v) is 5.86. The van der Waals surface area contributed by atoms with Crippen LogP contribution in [0.25, 0.3) is 0 Å². The maximum atomic E-state index is 13.4. The van der Waals surface area contributed by atoms with E-state index in [4.69, 9.17) is 10.9 Å². The Kier molecular flexibility index (Phi) is 4.14. The highest BCUT2D eigenvalue weighted by molar-refractivity contribution is 5.97. The third-order valence-electron chi connectivity index (χ3n) is 2.76. The largest absolute Gasteiger partial charge is 0.409 e. The number of nitrogens with zero attached hydrogens (tertiary/aromatic N) is 1. The summed E-state index contributed by atoms with van der Waals surface area (Å²) in [6.45, 7) is 0.213. The highest BCUT2D eigenvalue weighted by Gasteiger charge is 2.08. The van der Waals surface area contributed by atoms with Crippen LogP contribution in [0.5, 0.6) is 0 Å². The first kappa shape index (κ1) is 13.8. The van der Waals surface area contributed by atoms with Crippen molar-refractivity contribution in [3.63, 3.8) is 0 Å². The van der Waals surface area contributed by atoms with Crippen molar-refractivity contribution >= 4 is 11.5 Å². The molecule has 0 aromatic heterocycles. The molecule has 0 aliphatic heterocycles. The smallest absolute Gasteiger partial charge is 0.170 e. The van der Waals surface area contributed by atoms with Crippen molar-refractivity contribution in [1.29, 1.82) is 0 Å². The summed E-state index contributed by atoms with van der Waals surface area (Å²) in [5.74, 6) is -1.33. The van der Waals surface area contributed by atoms with Gasteiger partial charge in [-0.3, -0.25) is 0 Å². The van der Waals surface area contributed by atoms with Crippen LogP contribution in [-0.2, 0) is 6.54 Å². The summed E-state index contributed by atoms with van der Waals surface area (Å²) in [5, 5.41) is 14.2. The summed E-state index contributed by atoms with van der Waals surface area (Å²) >= 11 is 0. The minimum atomic E-state index is -0.655. The molecule has 0 amide bonds. The fourth-order valence-electron chi connectivity index (χ4n) is 1.76. The molecule has 0 aliphatic rings. The topological polar surface area (TPSA) is 70.6 Å². The Morgan fingerprint density at radius 2 is 1.80 bits per heavy atom. The summed E-state index contributed by atoms with van der Waals surface area (Å²) in [6.07, 6.45) is 0. The molecule has 6 heteroatoms. The van der Waals surface area contributed by atoms with Crippen LogP contribution in [-0.4, -0.2) is 11.0 Å². The van der Waals surface area contributed by atoms with Gasteiger partial charge in [-0.25, -0.2) is 8.78 Å². The number of rotatable bonds is 4. The average Bonchev–Trinajstić information content (AvgIpc) is 2.46. The molecular formula is C14H13F2N3O. The molecule has 2 rings (SSSR count). The molecule has 2 aromatic carbocycles. The number of halogens is 2. The van der Waals surface area contributed by atoms with Crippen molar-refractivity contribution in [1.82, 2.24) is 0 Å². The molecule has 0 saturated carbocycles. The van der Waals surface area contributed by atoms with Crippen molar-refractivity contribution in [3.05, 3.63) is 65.2 Å². The molecular weight excluding hydrogens is 264 g/mol. The van der Waals surface area contributed by atoms with Gasteiger partial charge in [0.15, 0.2) is 5.84 Å². The van der Waals surface area contributed by atoms with E-state index in [1.165, 1.54) is 18.2 Å². The van der Waals surface area contributed by atoms with Crippen LogP contribution in [0.4, 0.5) is 14.5 Å². The Morgan fingerprint density at radius 1 is 1.15 bits per heavy atom. The van der Waals surface area contributed by atoms with Crippen molar-refractivity contribution in [2.75, 3.05) is 5.32 Å².